The van der Waals surface area contributed by atoms with E-state index in [4.69, 9.17) is 0 Å². The lowest BCUT2D eigenvalue weighted by Gasteiger charge is -2.10. The van der Waals surface area contributed by atoms with Crippen LogP contribution in [0.5, 0.6) is 0 Å². The Kier molecular flexibility index (Phi) is 2.94. The number of nitrogens with zero attached hydrogens (tertiary/aromatic N) is 3. The Hall–Kier alpha value is -2.44. The lowest BCUT2D eigenvalue weighted by atomic mass is 10.2. The molecule has 4 rings (SSSR count). The van der Waals surface area contributed by atoms with E-state index < -0.39 is 17.6 Å². The van der Waals surface area contributed by atoms with Crippen LogP contribution in [0.1, 0.15) is 24.4 Å². The van der Waals surface area contributed by atoms with Crippen molar-refractivity contribution in [3.63, 3.8) is 0 Å². The minimum atomic E-state index is -4.47. The summed E-state index contributed by atoms with van der Waals surface area (Å²) >= 11 is 0. The van der Waals surface area contributed by atoms with Crippen molar-refractivity contribution in [2.24, 2.45) is 0 Å². The first-order valence-corrected chi connectivity index (χ1v) is 7.13. The van der Waals surface area contributed by atoms with Crippen LogP contribution in [0.4, 0.5) is 17.6 Å². The molecular formula is C16H11F4N3. The quantitative estimate of drug-likeness (QED) is 0.646. The molecule has 0 radical (unpaired) electrons. The third-order valence-electron chi connectivity index (χ3n) is 3.89. The van der Waals surface area contributed by atoms with Gasteiger partial charge in [-0.2, -0.15) is 13.2 Å². The van der Waals surface area contributed by atoms with Crippen LogP contribution in [0.15, 0.2) is 36.7 Å². The fourth-order valence-corrected chi connectivity index (χ4v) is 2.69. The molecule has 1 aliphatic carbocycles. The van der Waals surface area contributed by atoms with Gasteiger partial charge in [0.15, 0.2) is 0 Å². The summed E-state index contributed by atoms with van der Waals surface area (Å²) in [7, 11) is 0. The van der Waals surface area contributed by atoms with Gasteiger partial charge in [-0.1, -0.05) is 0 Å². The van der Waals surface area contributed by atoms with Crippen LogP contribution in [-0.2, 0) is 6.18 Å². The molecule has 2 aromatic heterocycles. The first-order chi connectivity index (χ1) is 10.9. The molecule has 0 unspecified atom stereocenters. The van der Waals surface area contributed by atoms with E-state index >= 15 is 0 Å². The Labute approximate surface area is 128 Å². The molecule has 23 heavy (non-hydrogen) atoms. The van der Waals surface area contributed by atoms with Gasteiger partial charge in [-0.05, 0) is 37.1 Å². The summed E-state index contributed by atoms with van der Waals surface area (Å²) < 4.78 is 54.0. The zero-order valence-corrected chi connectivity index (χ0v) is 11.8. The zero-order valence-electron chi connectivity index (χ0n) is 11.8. The van der Waals surface area contributed by atoms with Crippen molar-refractivity contribution >= 4 is 11.0 Å². The predicted molar refractivity (Wildman–Crippen MR) is 76.2 cm³/mol. The van der Waals surface area contributed by atoms with Gasteiger partial charge in [0.2, 0.25) is 0 Å². The first-order valence-electron chi connectivity index (χ1n) is 7.13. The molecule has 0 saturated heterocycles. The van der Waals surface area contributed by atoms with E-state index in [2.05, 4.69) is 9.97 Å². The smallest absolute Gasteiger partial charge is 0.321 e. The molecule has 3 nitrogen and oxygen atoms in total. The summed E-state index contributed by atoms with van der Waals surface area (Å²) in [4.78, 5) is 8.09. The highest BCUT2D eigenvalue weighted by Crippen LogP contribution is 2.41. The van der Waals surface area contributed by atoms with Gasteiger partial charge in [-0.15, -0.1) is 0 Å². The maximum Gasteiger partial charge on any atom is 0.417 e. The van der Waals surface area contributed by atoms with E-state index in [-0.39, 0.29) is 11.6 Å². The Balaban J connectivity index is 1.94. The van der Waals surface area contributed by atoms with Crippen LogP contribution in [0.3, 0.4) is 0 Å². The van der Waals surface area contributed by atoms with Gasteiger partial charge >= 0.3 is 6.18 Å². The summed E-state index contributed by atoms with van der Waals surface area (Å²) in [6, 6.07) is 5.37. The van der Waals surface area contributed by atoms with Crippen LogP contribution in [0.2, 0.25) is 0 Å². The van der Waals surface area contributed by atoms with E-state index in [0.29, 0.717) is 16.9 Å². The van der Waals surface area contributed by atoms with Crippen LogP contribution in [0.25, 0.3) is 22.4 Å². The number of hydrogen-bond donors (Lipinski definition) is 0. The molecule has 0 atom stereocenters. The minimum absolute atomic E-state index is 0.145. The van der Waals surface area contributed by atoms with E-state index in [0.717, 1.165) is 25.1 Å². The van der Waals surface area contributed by atoms with E-state index in [1.807, 2.05) is 4.57 Å². The highest BCUT2D eigenvalue weighted by Gasteiger charge is 2.33. The van der Waals surface area contributed by atoms with Crippen molar-refractivity contribution in [1.29, 1.82) is 0 Å². The molecule has 0 spiro atoms. The van der Waals surface area contributed by atoms with Gasteiger partial charge in [0.25, 0.3) is 0 Å². The average molecular weight is 321 g/mol. The minimum Gasteiger partial charge on any atom is -0.321 e. The van der Waals surface area contributed by atoms with E-state index in [1.54, 1.807) is 0 Å². The highest BCUT2D eigenvalue weighted by atomic mass is 19.4. The standard InChI is InChI=1S/C16H11F4N3/c17-11-1-4-13-14(6-11)23(12-2-3-12)15(22-13)9-5-10(8-21-7-9)16(18,19)20/h1,4-8,12H,2-3H2. The number of aromatic nitrogens is 3. The van der Waals surface area contributed by atoms with E-state index in [1.165, 1.54) is 24.4 Å². The molecule has 0 bridgehead atoms. The summed E-state index contributed by atoms with van der Waals surface area (Å²) in [5.74, 6) is -0.000262. The van der Waals surface area contributed by atoms with Crippen molar-refractivity contribution in [1.82, 2.24) is 14.5 Å². The number of rotatable bonds is 2. The van der Waals surface area contributed by atoms with Crippen LogP contribution < -0.4 is 0 Å². The number of benzene rings is 1. The summed E-state index contributed by atoms with van der Waals surface area (Å²) in [6.07, 6.45) is -0.521. The Morgan fingerprint density at radius 3 is 2.57 bits per heavy atom. The number of fused-ring (bicyclic) bond motifs is 1. The monoisotopic (exact) mass is 321 g/mol. The zero-order chi connectivity index (χ0) is 16.2. The average Bonchev–Trinajstić information content (AvgIpc) is 3.27. The van der Waals surface area contributed by atoms with E-state index in [9.17, 15) is 17.6 Å². The number of halogens is 4. The molecule has 2 heterocycles. The molecule has 118 valence electrons. The van der Waals surface area contributed by atoms with Crippen LogP contribution in [0, 0.1) is 5.82 Å². The molecule has 0 aliphatic heterocycles. The Bertz CT molecular complexity index is 894. The Morgan fingerprint density at radius 1 is 1.09 bits per heavy atom. The number of pyridine rings is 1. The topological polar surface area (TPSA) is 30.7 Å². The third kappa shape index (κ3) is 2.46. The summed E-state index contributed by atoms with van der Waals surface area (Å²) in [5, 5.41) is 0. The summed E-state index contributed by atoms with van der Waals surface area (Å²) in [5.41, 5.74) is 0.615. The lowest BCUT2D eigenvalue weighted by Crippen LogP contribution is -2.06. The second kappa shape index (κ2) is 4.78. The molecular weight excluding hydrogens is 310 g/mol. The molecule has 7 heteroatoms. The van der Waals surface area contributed by atoms with Gasteiger partial charge in [-0.25, -0.2) is 9.37 Å². The first kappa shape index (κ1) is 14.2. The Morgan fingerprint density at radius 2 is 1.87 bits per heavy atom. The molecule has 0 amide bonds. The van der Waals surface area contributed by atoms with Gasteiger partial charge < -0.3 is 4.57 Å². The van der Waals surface area contributed by atoms with Crippen molar-refractivity contribution in [3.05, 3.63) is 48.0 Å². The van der Waals surface area contributed by atoms with Crippen LogP contribution in [-0.4, -0.2) is 14.5 Å². The predicted octanol–water partition coefficient (Wildman–Crippen LogP) is 4.59. The maximum atomic E-state index is 13.5. The fraction of sp³-hybridized carbons (Fsp3) is 0.250. The van der Waals surface area contributed by atoms with Crippen molar-refractivity contribution in [2.45, 2.75) is 25.1 Å². The number of imidazole rings is 1. The fourth-order valence-electron chi connectivity index (χ4n) is 2.69. The van der Waals surface area contributed by atoms with Crippen molar-refractivity contribution in [3.8, 4) is 11.4 Å². The largest absolute Gasteiger partial charge is 0.417 e. The van der Waals surface area contributed by atoms with Gasteiger partial charge in [0.1, 0.15) is 11.6 Å². The highest BCUT2D eigenvalue weighted by molar-refractivity contribution is 5.81. The van der Waals surface area contributed by atoms with Gasteiger partial charge in [-0.3, -0.25) is 4.98 Å². The molecule has 1 aliphatic rings. The number of hydrogen-bond acceptors (Lipinski definition) is 2. The van der Waals surface area contributed by atoms with Crippen molar-refractivity contribution < 1.29 is 17.6 Å². The second-order valence-electron chi connectivity index (χ2n) is 5.63. The third-order valence-corrected chi connectivity index (χ3v) is 3.89. The van der Waals surface area contributed by atoms with Gasteiger partial charge in [0.05, 0.1) is 16.6 Å². The second-order valence-corrected chi connectivity index (χ2v) is 5.63. The van der Waals surface area contributed by atoms with Crippen LogP contribution >= 0.6 is 0 Å². The normalized spacial score (nSPS) is 15.3. The molecule has 1 aromatic carbocycles. The molecule has 0 N–H and O–H groups in total. The SMILES string of the molecule is Fc1ccc2nc(-c3cncc(C(F)(F)F)c3)n(C3CC3)c2c1. The number of alkyl halides is 3. The molecule has 1 fully saturated rings. The molecule has 3 aromatic rings. The lowest BCUT2D eigenvalue weighted by molar-refractivity contribution is -0.137. The summed E-state index contributed by atoms with van der Waals surface area (Å²) in [6.45, 7) is 0. The maximum absolute atomic E-state index is 13.5. The van der Waals surface area contributed by atoms with Crippen molar-refractivity contribution in [2.75, 3.05) is 0 Å². The van der Waals surface area contributed by atoms with Gasteiger partial charge in [0, 0.05) is 24.0 Å². The molecule has 1 saturated carbocycles.